The van der Waals surface area contributed by atoms with E-state index in [4.69, 9.17) is 10.5 Å². The molecule has 0 aliphatic carbocycles. The lowest BCUT2D eigenvalue weighted by molar-refractivity contribution is -0.144. The van der Waals surface area contributed by atoms with Crippen LogP contribution in [-0.2, 0) is 14.3 Å². The third-order valence-electron chi connectivity index (χ3n) is 3.33. The monoisotopic (exact) mass is 278 g/mol. The molecule has 3 atom stereocenters. The van der Waals surface area contributed by atoms with Crippen LogP contribution >= 0.6 is 0 Å². The Hall–Kier alpha value is -1.92. The zero-order chi connectivity index (χ0) is 14.5. The van der Waals surface area contributed by atoms with Crippen LogP contribution in [0.2, 0.25) is 0 Å². The maximum Gasteiger partial charge on any atom is 0.330 e. The fourth-order valence-electron chi connectivity index (χ4n) is 2.24. The van der Waals surface area contributed by atoms with Crippen molar-refractivity contribution in [3.63, 3.8) is 0 Å². The maximum absolute atomic E-state index is 12.1. The molecule has 4 N–H and O–H groups in total. The highest BCUT2D eigenvalue weighted by Crippen LogP contribution is 2.20. The number of nitrogens with one attached hydrogen (secondary N) is 1. The molecule has 2 unspecified atom stereocenters. The molecular formula is C14H18N2O4. The number of aliphatic carboxylic acids is 1. The molecule has 1 aromatic rings. The van der Waals surface area contributed by atoms with Crippen molar-refractivity contribution in [3.05, 3.63) is 35.9 Å². The number of nitrogens with two attached hydrogens (primary N) is 1. The standard InChI is InChI=1S/C14H18N2O4/c15-8-10-6-7-11(20-10)13(17)16-12(14(18)19)9-4-2-1-3-5-9/h1-5,10-12H,6-8,15H2,(H,16,17)(H,18,19)/t10?,11?,12-/m1/s1. The Morgan fingerprint density at radius 1 is 1.35 bits per heavy atom. The van der Waals surface area contributed by atoms with Crippen molar-refractivity contribution in [2.24, 2.45) is 5.73 Å². The molecule has 1 aliphatic heterocycles. The van der Waals surface area contributed by atoms with Gasteiger partial charge in [0.2, 0.25) is 5.91 Å². The number of carbonyl (C=O) groups excluding carboxylic acids is 1. The van der Waals surface area contributed by atoms with Gasteiger partial charge in [-0.25, -0.2) is 4.79 Å². The van der Waals surface area contributed by atoms with Gasteiger partial charge in [-0.1, -0.05) is 30.3 Å². The third kappa shape index (κ3) is 3.34. The van der Waals surface area contributed by atoms with E-state index in [-0.39, 0.29) is 6.10 Å². The Labute approximate surface area is 116 Å². The molecular weight excluding hydrogens is 260 g/mol. The lowest BCUT2D eigenvalue weighted by atomic mass is 10.1. The van der Waals surface area contributed by atoms with Crippen LogP contribution in [-0.4, -0.2) is 35.7 Å². The fraction of sp³-hybridized carbons (Fsp3) is 0.429. The number of hydrogen-bond acceptors (Lipinski definition) is 4. The molecule has 1 amide bonds. The Bertz CT molecular complexity index is 477. The van der Waals surface area contributed by atoms with Crippen LogP contribution in [0.4, 0.5) is 0 Å². The molecule has 1 fully saturated rings. The molecule has 20 heavy (non-hydrogen) atoms. The number of carboxylic acids is 1. The summed E-state index contributed by atoms with van der Waals surface area (Å²) in [5.74, 6) is -1.50. The van der Waals surface area contributed by atoms with Gasteiger partial charge in [-0.3, -0.25) is 4.79 Å². The first kappa shape index (κ1) is 14.5. The molecule has 1 saturated heterocycles. The van der Waals surface area contributed by atoms with Gasteiger partial charge in [-0.15, -0.1) is 0 Å². The summed E-state index contributed by atoms with van der Waals surface area (Å²) in [5, 5.41) is 11.8. The summed E-state index contributed by atoms with van der Waals surface area (Å²) in [6, 6.07) is 7.51. The number of amides is 1. The van der Waals surface area contributed by atoms with Crippen molar-refractivity contribution in [2.75, 3.05) is 6.54 Å². The van der Waals surface area contributed by atoms with Crippen LogP contribution in [0.1, 0.15) is 24.4 Å². The molecule has 0 bridgehead atoms. The molecule has 0 aromatic heterocycles. The second kappa shape index (κ2) is 6.49. The van der Waals surface area contributed by atoms with E-state index in [0.717, 1.165) is 6.42 Å². The van der Waals surface area contributed by atoms with E-state index in [1.807, 2.05) is 0 Å². The number of carbonyl (C=O) groups is 2. The largest absolute Gasteiger partial charge is 0.479 e. The van der Waals surface area contributed by atoms with E-state index >= 15 is 0 Å². The Morgan fingerprint density at radius 3 is 2.60 bits per heavy atom. The molecule has 6 nitrogen and oxygen atoms in total. The minimum absolute atomic E-state index is 0.120. The van der Waals surface area contributed by atoms with Crippen LogP contribution < -0.4 is 11.1 Å². The van der Waals surface area contributed by atoms with Gasteiger partial charge in [-0.2, -0.15) is 0 Å². The molecule has 108 valence electrons. The average Bonchev–Trinajstić information content (AvgIpc) is 2.94. The van der Waals surface area contributed by atoms with E-state index in [1.165, 1.54) is 0 Å². The van der Waals surface area contributed by atoms with Gasteiger partial charge in [0.25, 0.3) is 0 Å². The predicted octanol–water partition coefficient (Wildman–Crippen LogP) is 0.435. The molecule has 2 rings (SSSR count). The van der Waals surface area contributed by atoms with Crippen LogP contribution in [0.5, 0.6) is 0 Å². The van der Waals surface area contributed by atoms with Crippen LogP contribution in [0.3, 0.4) is 0 Å². The third-order valence-corrected chi connectivity index (χ3v) is 3.33. The maximum atomic E-state index is 12.1. The number of rotatable bonds is 5. The summed E-state index contributed by atoms with van der Waals surface area (Å²) in [7, 11) is 0. The number of ether oxygens (including phenoxy) is 1. The van der Waals surface area contributed by atoms with Crippen LogP contribution in [0.15, 0.2) is 30.3 Å². The SMILES string of the molecule is NCC1CCC(C(=O)N[C@@H](C(=O)O)c2ccccc2)O1. The van der Waals surface area contributed by atoms with Crippen LogP contribution in [0.25, 0.3) is 0 Å². The first-order chi connectivity index (χ1) is 9.61. The normalized spacial score (nSPS) is 23.2. The van der Waals surface area contributed by atoms with Crippen molar-refractivity contribution < 1.29 is 19.4 Å². The molecule has 6 heteroatoms. The molecule has 0 radical (unpaired) electrons. The Morgan fingerprint density at radius 2 is 2.05 bits per heavy atom. The molecule has 1 aromatic carbocycles. The zero-order valence-electron chi connectivity index (χ0n) is 11.0. The van der Waals surface area contributed by atoms with Gasteiger partial charge in [-0.05, 0) is 18.4 Å². The van der Waals surface area contributed by atoms with E-state index in [0.29, 0.717) is 18.5 Å². The van der Waals surface area contributed by atoms with Gasteiger partial charge in [0.1, 0.15) is 6.10 Å². The highest BCUT2D eigenvalue weighted by molar-refractivity contribution is 5.87. The van der Waals surface area contributed by atoms with Crippen LogP contribution in [0, 0.1) is 0 Å². The highest BCUT2D eigenvalue weighted by Gasteiger charge is 2.32. The van der Waals surface area contributed by atoms with Crippen molar-refractivity contribution >= 4 is 11.9 Å². The van der Waals surface area contributed by atoms with Crippen molar-refractivity contribution in [1.29, 1.82) is 0 Å². The summed E-state index contributed by atoms with van der Waals surface area (Å²) < 4.78 is 5.46. The van der Waals surface area contributed by atoms with Crippen molar-refractivity contribution in [3.8, 4) is 0 Å². The number of hydrogen-bond donors (Lipinski definition) is 3. The Balaban J connectivity index is 2.02. The second-order valence-corrected chi connectivity index (χ2v) is 4.75. The van der Waals surface area contributed by atoms with Gasteiger partial charge in [0.15, 0.2) is 6.04 Å². The summed E-state index contributed by atoms with van der Waals surface area (Å²) in [6.07, 6.45) is 0.548. The lowest BCUT2D eigenvalue weighted by Crippen LogP contribution is -2.40. The topological polar surface area (TPSA) is 102 Å². The second-order valence-electron chi connectivity index (χ2n) is 4.75. The average molecular weight is 278 g/mol. The number of carboxylic acid groups (broad SMARTS) is 1. The highest BCUT2D eigenvalue weighted by atomic mass is 16.5. The first-order valence-corrected chi connectivity index (χ1v) is 6.55. The van der Waals surface area contributed by atoms with Crippen molar-refractivity contribution in [1.82, 2.24) is 5.32 Å². The predicted molar refractivity (Wildman–Crippen MR) is 71.9 cm³/mol. The van der Waals surface area contributed by atoms with E-state index in [9.17, 15) is 14.7 Å². The molecule has 0 spiro atoms. The first-order valence-electron chi connectivity index (χ1n) is 6.55. The summed E-state index contributed by atoms with van der Waals surface area (Å²) in [4.78, 5) is 23.3. The van der Waals surface area contributed by atoms with E-state index in [1.54, 1.807) is 30.3 Å². The smallest absolute Gasteiger partial charge is 0.330 e. The van der Waals surface area contributed by atoms with Gasteiger partial charge in [0.05, 0.1) is 6.10 Å². The van der Waals surface area contributed by atoms with Gasteiger partial charge >= 0.3 is 5.97 Å². The molecule has 0 saturated carbocycles. The van der Waals surface area contributed by atoms with Crippen molar-refractivity contribution in [2.45, 2.75) is 31.1 Å². The minimum Gasteiger partial charge on any atom is -0.479 e. The molecule has 1 heterocycles. The quantitative estimate of drug-likeness (QED) is 0.725. The summed E-state index contributed by atoms with van der Waals surface area (Å²) in [5.41, 5.74) is 6.02. The van der Waals surface area contributed by atoms with Gasteiger partial charge < -0.3 is 20.9 Å². The molecule has 1 aliphatic rings. The zero-order valence-corrected chi connectivity index (χ0v) is 11.0. The van der Waals surface area contributed by atoms with E-state index < -0.39 is 24.0 Å². The van der Waals surface area contributed by atoms with Gasteiger partial charge in [0, 0.05) is 6.54 Å². The minimum atomic E-state index is -1.10. The summed E-state index contributed by atoms with van der Waals surface area (Å²) in [6.45, 7) is 0.366. The number of benzene rings is 1. The fourth-order valence-corrected chi connectivity index (χ4v) is 2.24. The van der Waals surface area contributed by atoms with E-state index in [2.05, 4.69) is 5.32 Å². The summed E-state index contributed by atoms with van der Waals surface area (Å²) >= 11 is 0. The Kier molecular flexibility index (Phi) is 4.70. The lowest BCUT2D eigenvalue weighted by Gasteiger charge is -2.18.